The lowest BCUT2D eigenvalue weighted by atomic mass is 10.3. The summed E-state index contributed by atoms with van der Waals surface area (Å²) < 4.78 is 3.73. The van der Waals surface area contributed by atoms with Crippen LogP contribution in [0.3, 0.4) is 0 Å². The fraction of sp³-hybridized carbons (Fsp3) is 0.222. The van der Waals surface area contributed by atoms with Crippen LogP contribution in [0.2, 0.25) is 0 Å². The molecule has 0 aliphatic carbocycles. The number of imidazole rings is 1. The Labute approximate surface area is 144 Å². The van der Waals surface area contributed by atoms with Gasteiger partial charge in [0.1, 0.15) is 17.9 Å². The zero-order valence-electron chi connectivity index (χ0n) is 13.9. The normalized spacial score (nSPS) is 11.2. The van der Waals surface area contributed by atoms with Crippen molar-refractivity contribution in [2.75, 3.05) is 6.54 Å². The van der Waals surface area contributed by atoms with E-state index in [9.17, 15) is 4.79 Å². The number of aromatic nitrogens is 5. The molecule has 0 unspecified atom stereocenters. The summed E-state index contributed by atoms with van der Waals surface area (Å²) in [7, 11) is 0. The summed E-state index contributed by atoms with van der Waals surface area (Å²) in [5.41, 5.74) is 3.70. The van der Waals surface area contributed by atoms with Crippen molar-refractivity contribution in [2.45, 2.75) is 20.0 Å². The molecule has 0 atom stereocenters. The van der Waals surface area contributed by atoms with Gasteiger partial charge in [0, 0.05) is 13.1 Å². The van der Waals surface area contributed by atoms with Gasteiger partial charge in [0.25, 0.3) is 0 Å². The van der Waals surface area contributed by atoms with E-state index in [0.717, 1.165) is 27.9 Å². The molecule has 7 heteroatoms. The van der Waals surface area contributed by atoms with Crippen LogP contribution < -0.4 is 5.32 Å². The van der Waals surface area contributed by atoms with E-state index in [4.69, 9.17) is 0 Å². The fourth-order valence-electron chi connectivity index (χ4n) is 3.01. The summed E-state index contributed by atoms with van der Waals surface area (Å²) in [6.07, 6.45) is 0. The van der Waals surface area contributed by atoms with Crippen molar-refractivity contribution in [1.29, 1.82) is 0 Å². The molecule has 2 aromatic heterocycles. The van der Waals surface area contributed by atoms with E-state index >= 15 is 0 Å². The minimum atomic E-state index is -0.0854. The highest BCUT2D eigenvalue weighted by molar-refractivity contribution is 5.79. The van der Waals surface area contributed by atoms with Gasteiger partial charge in [-0.3, -0.25) is 4.79 Å². The second-order valence-electron chi connectivity index (χ2n) is 5.89. The van der Waals surface area contributed by atoms with E-state index in [0.29, 0.717) is 13.1 Å². The molecule has 0 radical (unpaired) electrons. The van der Waals surface area contributed by atoms with Crippen LogP contribution >= 0.6 is 0 Å². The van der Waals surface area contributed by atoms with Crippen molar-refractivity contribution in [3.63, 3.8) is 0 Å². The average molecular weight is 334 g/mol. The van der Waals surface area contributed by atoms with E-state index in [1.807, 2.05) is 55.5 Å². The maximum atomic E-state index is 12.2. The van der Waals surface area contributed by atoms with Crippen LogP contribution in [0.15, 0.2) is 48.5 Å². The molecular weight excluding hydrogens is 316 g/mol. The molecule has 4 rings (SSSR count). The van der Waals surface area contributed by atoms with Crippen LogP contribution in [0, 0.1) is 6.92 Å². The number of rotatable bonds is 5. The Balaban J connectivity index is 1.40. The predicted octanol–water partition coefficient (Wildman–Crippen LogP) is 1.91. The van der Waals surface area contributed by atoms with Crippen LogP contribution in [0.25, 0.3) is 22.1 Å². The highest BCUT2D eigenvalue weighted by atomic mass is 16.2. The second kappa shape index (κ2) is 6.35. The van der Waals surface area contributed by atoms with Crippen molar-refractivity contribution < 1.29 is 4.79 Å². The predicted molar refractivity (Wildman–Crippen MR) is 95.0 cm³/mol. The van der Waals surface area contributed by atoms with Gasteiger partial charge in [0.15, 0.2) is 0 Å². The number of carbonyl (C=O) groups is 1. The zero-order valence-corrected chi connectivity index (χ0v) is 13.9. The van der Waals surface area contributed by atoms with Crippen molar-refractivity contribution in [2.24, 2.45) is 0 Å². The molecule has 0 aliphatic rings. The third kappa shape index (κ3) is 2.96. The number of para-hydroxylation sites is 3. The molecule has 0 saturated carbocycles. The molecule has 0 spiro atoms. The first-order valence-electron chi connectivity index (χ1n) is 8.19. The number of hydrogen-bond acceptors (Lipinski definition) is 4. The molecule has 1 N–H and O–H groups in total. The van der Waals surface area contributed by atoms with Crippen LogP contribution in [0.5, 0.6) is 0 Å². The van der Waals surface area contributed by atoms with E-state index < -0.39 is 0 Å². The lowest BCUT2D eigenvalue weighted by Crippen LogP contribution is -2.31. The molecule has 4 aromatic rings. The molecular formula is C18H18N6O. The Morgan fingerprint density at radius 1 is 1.04 bits per heavy atom. The lowest BCUT2D eigenvalue weighted by molar-refractivity contribution is -0.121. The van der Waals surface area contributed by atoms with Gasteiger partial charge in [0.2, 0.25) is 5.91 Å². The zero-order chi connectivity index (χ0) is 17.2. The number of fused-ring (bicyclic) bond motifs is 2. The summed E-state index contributed by atoms with van der Waals surface area (Å²) in [6, 6.07) is 15.6. The van der Waals surface area contributed by atoms with Gasteiger partial charge >= 0.3 is 0 Å². The van der Waals surface area contributed by atoms with Crippen molar-refractivity contribution >= 4 is 28.0 Å². The summed E-state index contributed by atoms with van der Waals surface area (Å²) in [6.45, 7) is 3.34. The van der Waals surface area contributed by atoms with Crippen LogP contribution in [0.4, 0.5) is 0 Å². The minimum Gasteiger partial charge on any atom is -0.353 e. The molecule has 2 aromatic carbocycles. The molecule has 0 aliphatic heterocycles. The summed E-state index contributed by atoms with van der Waals surface area (Å²) >= 11 is 0. The van der Waals surface area contributed by atoms with Gasteiger partial charge < -0.3 is 9.88 Å². The quantitative estimate of drug-likeness (QED) is 0.605. The number of aryl methyl sites for hydroxylation is 1. The first-order chi connectivity index (χ1) is 12.2. The van der Waals surface area contributed by atoms with E-state index in [1.54, 1.807) is 4.68 Å². The first kappa shape index (κ1) is 15.3. The fourth-order valence-corrected chi connectivity index (χ4v) is 3.01. The van der Waals surface area contributed by atoms with Crippen LogP contribution in [-0.4, -0.2) is 37.0 Å². The SMILES string of the molecule is Cc1nc2ccccc2n1CCNC(=O)Cn1nnc2ccccc21. The van der Waals surface area contributed by atoms with Gasteiger partial charge in [-0.1, -0.05) is 29.5 Å². The average Bonchev–Trinajstić information content (AvgIpc) is 3.16. The molecule has 25 heavy (non-hydrogen) atoms. The highest BCUT2D eigenvalue weighted by Crippen LogP contribution is 2.14. The minimum absolute atomic E-state index is 0.0854. The molecule has 1 amide bonds. The van der Waals surface area contributed by atoms with Crippen molar-refractivity contribution in [3.05, 3.63) is 54.4 Å². The Kier molecular flexibility index (Phi) is 3.89. The number of hydrogen-bond donors (Lipinski definition) is 1. The van der Waals surface area contributed by atoms with Crippen molar-refractivity contribution in [1.82, 2.24) is 29.9 Å². The third-order valence-electron chi connectivity index (χ3n) is 4.22. The lowest BCUT2D eigenvalue weighted by Gasteiger charge is -2.09. The Hall–Kier alpha value is -3.22. The summed E-state index contributed by atoms with van der Waals surface area (Å²) in [5, 5.41) is 11.0. The molecule has 0 bridgehead atoms. The largest absolute Gasteiger partial charge is 0.353 e. The molecule has 0 saturated heterocycles. The highest BCUT2D eigenvalue weighted by Gasteiger charge is 2.09. The Morgan fingerprint density at radius 2 is 1.76 bits per heavy atom. The van der Waals surface area contributed by atoms with Crippen LogP contribution in [0.1, 0.15) is 5.82 Å². The monoisotopic (exact) mass is 334 g/mol. The van der Waals surface area contributed by atoms with E-state index in [2.05, 4.69) is 25.2 Å². The van der Waals surface area contributed by atoms with Crippen molar-refractivity contribution in [3.8, 4) is 0 Å². The molecule has 2 heterocycles. The summed E-state index contributed by atoms with van der Waals surface area (Å²) in [4.78, 5) is 16.7. The van der Waals surface area contributed by atoms with Gasteiger partial charge in [-0.25, -0.2) is 9.67 Å². The number of carbonyl (C=O) groups excluding carboxylic acids is 1. The second-order valence-corrected chi connectivity index (χ2v) is 5.89. The Bertz CT molecular complexity index is 1050. The summed E-state index contributed by atoms with van der Waals surface area (Å²) in [5.74, 6) is 0.857. The van der Waals surface area contributed by atoms with Gasteiger partial charge in [-0.15, -0.1) is 5.10 Å². The standard InChI is InChI=1S/C18H18N6O/c1-13-20-14-6-2-4-8-16(14)23(13)11-10-19-18(25)12-24-17-9-5-3-7-15(17)21-22-24/h2-9H,10-12H2,1H3,(H,19,25). The first-order valence-corrected chi connectivity index (χ1v) is 8.19. The number of nitrogens with one attached hydrogen (secondary N) is 1. The topological polar surface area (TPSA) is 77.6 Å². The van der Waals surface area contributed by atoms with E-state index in [1.165, 1.54) is 0 Å². The maximum Gasteiger partial charge on any atom is 0.241 e. The van der Waals surface area contributed by atoms with Gasteiger partial charge in [-0.05, 0) is 31.2 Å². The third-order valence-corrected chi connectivity index (χ3v) is 4.22. The number of nitrogens with zero attached hydrogens (tertiary/aromatic N) is 5. The molecule has 126 valence electrons. The van der Waals surface area contributed by atoms with E-state index in [-0.39, 0.29) is 12.5 Å². The van der Waals surface area contributed by atoms with Gasteiger partial charge in [-0.2, -0.15) is 0 Å². The number of amides is 1. The Morgan fingerprint density at radius 3 is 2.60 bits per heavy atom. The molecule has 7 nitrogen and oxygen atoms in total. The maximum absolute atomic E-state index is 12.2. The molecule has 0 fully saturated rings. The number of benzene rings is 2. The van der Waals surface area contributed by atoms with Gasteiger partial charge in [0.05, 0.1) is 16.6 Å². The smallest absolute Gasteiger partial charge is 0.241 e. The van der Waals surface area contributed by atoms with Crippen LogP contribution in [-0.2, 0) is 17.9 Å².